The number of amides is 1. The van der Waals surface area contributed by atoms with Crippen molar-refractivity contribution in [2.24, 2.45) is 5.92 Å². The van der Waals surface area contributed by atoms with Crippen molar-refractivity contribution >= 4 is 5.91 Å². The fourth-order valence-electron chi connectivity index (χ4n) is 3.65. The van der Waals surface area contributed by atoms with Crippen molar-refractivity contribution in [1.29, 1.82) is 0 Å². The van der Waals surface area contributed by atoms with Crippen LogP contribution in [-0.2, 0) is 4.79 Å². The zero-order chi connectivity index (χ0) is 14.5. The molecule has 0 bridgehead atoms. The highest BCUT2D eigenvalue weighted by Crippen LogP contribution is 2.28. The summed E-state index contributed by atoms with van der Waals surface area (Å²) in [6, 6.07) is 10.7. The number of nitrogens with one attached hydrogen (secondary N) is 1. The molecule has 0 saturated carbocycles. The SMILES string of the molecule is O=C(CC1CCNCC1)N1CCC(c2ccccc2)CC1. The Morgan fingerprint density at radius 3 is 2.38 bits per heavy atom. The van der Waals surface area contributed by atoms with Crippen LogP contribution in [-0.4, -0.2) is 37.0 Å². The molecule has 0 radical (unpaired) electrons. The number of benzene rings is 1. The highest BCUT2D eigenvalue weighted by Gasteiger charge is 2.25. The van der Waals surface area contributed by atoms with Gasteiger partial charge in [0.1, 0.15) is 0 Å². The van der Waals surface area contributed by atoms with Crippen LogP contribution in [0.2, 0.25) is 0 Å². The quantitative estimate of drug-likeness (QED) is 0.926. The summed E-state index contributed by atoms with van der Waals surface area (Å²) < 4.78 is 0. The summed E-state index contributed by atoms with van der Waals surface area (Å²) in [4.78, 5) is 14.5. The maximum Gasteiger partial charge on any atom is 0.222 e. The monoisotopic (exact) mass is 286 g/mol. The van der Waals surface area contributed by atoms with Crippen molar-refractivity contribution in [3.8, 4) is 0 Å². The van der Waals surface area contributed by atoms with Gasteiger partial charge < -0.3 is 10.2 Å². The lowest BCUT2D eigenvalue weighted by molar-refractivity contribution is -0.133. The van der Waals surface area contributed by atoms with Crippen LogP contribution in [0, 0.1) is 5.92 Å². The molecule has 2 aliphatic rings. The maximum absolute atomic E-state index is 12.4. The smallest absolute Gasteiger partial charge is 0.222 e. The Labute approximate surface area is 127 Å². The second-order valence-electron chi connectivity index (χ2n) is 6.46. The van der Waals surface area contributed by atoms with Gasteiger partial charge >= 0.3 is 0 Å². The van der Waals surface area contributed by atoms with Crippen LogP contribution in [0.1, 0.15) is 43.6 Å². The molecule has 0 aromatic heterocycles. The van der Waals surface area contributed by atoms with Crippen LogP contribution < -0.4 is 5.32 Å². The van der Waals surface area contributed by atoms with Gasteiger partial charge in [-0.05, 0) is 56.2 Å². The van der Waals surface area contributed by atoms with E-state index >= 15 is 0 Å². The van der Waals surface area contributed by atoms with Gasteiger partial charge in [-0.1, -0.05) is 30.3 Å². The van der Waals surface area contributed by atoms with Gasteiger partial charge in [-0.3, -0.25) is 4.79 Å². The molecule has 2 fully saturated rings. The summed E-state index contributed by atoms with van der Waals surface area (Å²) in [5.41, 5.74) is 1.43. The van der Waals surface area contributed by atoms with Crippen LogP contribution in [0.25, 0.3) is 0 Å². The Balaban J connectivity index is 1.47. The topological polar surface area (TPSA) is 32.3 Å². The van der Waals surface area contributed by atoms with Gasteiger partial charge in [-0.2, -0.15) is 0 Å². The normalized spacial score (nSPS) is 21.4. The molecule has 3 heteroatoms. The van der Waals surface area contributed by atoms with E-state index < -0.39 is 0 Å². The molecule has 0 aliphatic carbocycles. The van der Waals surface area contributed by atoms with E-state index in [0.29, 0.717) is 17.7 Å². The van der Waals surface area contributed by atoms with Crippen molar-refractivity contribution in [1.82, 2.24) is 10.2 Å². The minimum atomic E-state index is 0.383. The lowest BCUT2D eigenvalue weighted by atomic mass is 9.88. The highest BCUT2D eigenvalue weighted by atomic mass is 16.2. The van der Waals surface area contributed by atoms with Crippen LogP contribution in [0.5, 0.6) is 0 Å². The summed E-state index contributed by atoms with van der Waals surface area (Å²) in [6.07, 6.45) is 5.31. The molecule has 1 N–H and O–H groups in total. The number of carbonyl (C=O) groups is 1. The maximum atomic E-state index is 12.4. The van der Waals surface area contributed by atoms with Gasteiger partial charge in [0.05, 0.1) is 0 Å². The molecule has 114 valence electrons. The molecule has 1 aromatic rings. The van der Waals surface area contributed by atoms with Gasteiger partial charge in [-0.15, -0.1) is 0 Å². The first kappa shape index (κ1) is 14.6. The third-order valence-corrected chi connectivity index (χ3v) is 5.04. The Kier molecular flexibility index (Phi) is 4.91. The molecule has 2 heterocycles. The number of hydrogen-bond donors (Lipinski definition) is 1. The summed E-state index contributed by atoms with van der Waals surface area (Å²) in [5.74, 6) is 1.62. The molecule has 3 nitrogen and oxygen atoms in total. The van der Waals surface area contributed by atoms with Gasteiger partial charge in [0, 0.05) is 19.5 Å². The molecule has 2 aliphatic heterocycles. The molecular formula is C18H26N2O. The molecule has 21 heavy (non-hydrogen) atoms. The predicted molar refractivity (Wildman–Crippen MR) is 85.2 cm³/mol. The number of carbonyl (C=O) groups excluding carboxylic acids is 1. The minimum absolute atomic E-state index is 0.383. The first-order valence-electron chi connectivity index (χ1n) is 8.36. The Morgan fingerprint density at radius 2 is 1.71 bits per heavy atom. The number of piperidine rings is 2. The molecule has 1 aromatic carbocycles. The van der Waals surface area contributed by atoms with Crippen molar-refractivity contribution in [3.63, 3.8) is 0 Å². The van der Waals surface area contributed by atoms with Gasteiger partial charge in [-0.25, -0.2) is 0 Å². The van der Waals surface area contributed by atoms with Crippen LogP contribution in [0.3, 0.4) is 0 Å². The van der Waals surface area contributed by atoms with Crippen molar-refractivity contribution in [3.05, 3.63) is 35.9 Å². The molecule has 3 rings (SSSR count). The summed E-state index contributed by atoms with van der Waals surface area (Å²) in [7, 11) is 0. The molecule has 0 atom stereocenters. The van der Waals surface area contributed by atoms with Crippen molar-refractivity contribution < 1.29 is 4.79 Å². The number of nitrogens with zero attached hydrogens (tertiary/aromatic N) is 1. The van der Waals surface area contributed by atoms with E-state index in [1.807, 2.05) is 0 Å². The zero-order valence-corrected chi connectivity index (χ0v) is 12.8. The zero-order valence-electron chi connectivity index (χ0n) is 12.8. The second kappa shape index (κ2) is 7.08. The Bertz CT molecular complexity index is 446. The molecule has 2 saturated heterocycles. The summed E-state index contributed by atoms with van der Waals surface area (Å²) in [5, 5.41) is 3.37. The summed E-state index contributed by atoms with van der Waals surface area (Å²) in [6.45, 7) is 4.02. The average Bonchev–Trinajstić information content (AvgIpc) is 2.57. The van der Waals surface area contributed by atoms with E-state index in [0.717, 1.165) is 58.3 Å². The van der Waals surface area contributed by atoms with Crippen LogP contribution in [0.15, 0.2) is 30.3 Å². The Hall–Kier alpha value is -1.35. The van der Waals surface area contributed by atoms with Crippen LogP contribution in [0.4, 0.5) is 0 Å². The predicted octanol–water partition coefficient (Wildman–Crippen LogP) is 2.78. The molecule has 1 amide bonds. The number of hydrogen-bond acceptors (Lipinski definition) is 2. The van der Waals surface area contributed by atoms with Crippen molar-refractivity contribution in [2.75, 3.05) is 26.2 Å². The third-order valence-electron chi connectivity index (χ3n) is 5.04. The standard InChI is InChI=1S/C18H26N2O/c21-18(14-15-6-10-19-11-7-15)20-12-8-17(9-13-20)16-4-2-1-3-5-16/h1-5,15,17,19H,6-14H2. The van der Waals surface area contributed by atoms with E-state index in [1.165, 1.54) is 5.56 Å². The fourth-order valence-corrected chi connectivity index (χ4v) is 3.65. The van der Waals surface area contributed by atoms with Crippen molar-refractivity contribution in [2.45, 2.75) is 38.0 Å². The van der Waals surface area contributed by atoms with E-state index in [-0.39, 0.29) is 0 Å². The molecule has 0 spiro atoms. The number of likely N-dealkylation sites (tertiary alicyclic amines) is 1. The van der Waals surface area contributed by atoms with E-state index in [4.69, 9.17) is 0 Å². The van der Waals surface area contributed by atoms with Gasteiger partial charge in [0.25, 0.3) is 0 Å². The lowest BCUT2D eigenvalue weighted by Crippen LogP contribution is -2.39. The largest absolute Gasteiger partial charge is 0.343 e. The van der Waals surface area contributed by atoms with Crippen LogP contribution >= 0.6 is 0 Å². The van der Waals surface area contributed by atoms with Gasteiger partial charge in [0.15, 0.2) is 0 Å². The van der Waals surface area contributed by atoms with E-state index in [9.17, 15) is 4.79 Å². The average molecular weight is 286 g/mol. The van der Waals surface area contributed by atoms with Gasteiger partial charge in [0.2, 0.25) is 5.91 Å². The first-order valence-corrected chi connectivity index (χ1v) is 8.36. The number of rotatable bonds is 3. The lowest BCUT2D eigenvalue weighted by Gasteiger charge is -2.33. The molecular weight excluding hydrogens is 260 g/mol. The van der Waals surface area contributed by atoms with E-state index in [2.05, 4.69) is 40.5 Å². The highest BCUT2D eigenvalue weighted by molar-refractivity contribution is 5.76. The Morgan fingerprint density at radius 1 is 1.05 bits per heavy atom. The minimum Gasteiger partial charge on any atom is -0.343 e. The third kappa shape index (κ3) is 3.85. The fraction of sp³-hybridized carbons (Fsp3) is 0.611. The molecule has 0 unspecified atom stereocenters. The van der Waals surface area contributed by atoms with E-state index in [1.54, 1.807) is 0 Å². The first-order chi connectivity index (χ1) is 10.3. The second-order valence-corrected chi connectivity index (χ2v) is 6.46. The summed E-state index contributed by atoms with van der Waals surface area (Å²) >= 11 is 0.